The first kappa shape index (κ1) is 17.1. The first-order chi connectivity index (χ1) is 8.07. The SMILES string of the molecule is CCC(C)C(=O)OCCCC(F)(F)CC(F)(F)F. The average Bonchev–Trinajstić information content (AvgIpc) is 2.19. The van der Waals surface area contributed by atoms with Gasteiger partial charge in [0.05, 0.1) is 12.5 Å². The number of ether oxygens (including phenoxy) is 1. The van der Waals surface area contributed by atoms with E-state index in [4.69, 9.17) is 0 Å². The molecular formula is C11H17F5O2. The van der Waals surface area contributed by atoms with Crippen LogP contribution in [0, 0.1) is 5.92 Å². The van der Waals surface area contributed by atoms with Gasteiger partial charge in [0.1, 0.15) is 6.42 Å². The van der Waals surface area contributed by atoms with Gasteiger partial charge in [-0.15, -0.1) is 0 Å². The standard InChI is InChI=1S/C11H17F5O2/c1-3-8(2)9(17)18-6-4-5-10(12,13)7-11(14,15)16/h8H,3-7H2,1-2H3. The highest BCUT2D eigenvalue weighted by Gasteiger charge is 2.42. The van der Waals surface area contributed by atoms with Gasteiger partial charge < -0.3 is 4.74 Å². The van der Waals surface area contributed by atoms with Crippen LogP contribution >= 0.6 is 0 Å². The van der Waals surface area contributed by atoms with Gasteiger partial charge in [-0.25, -0.2) is 8.78 Å². The Kier molecular flexibility index (Phi) is 6.56. The van der Waals surface area contributed by atoms with Gasteiger partial charge in [0.25, 0.3) is 5.92 Å². The molecule has 7 heteroatoms. The van der Waals surface area contributed by atoms with Crippen molar-refractivity contribution in [1.82, 2.24) is 0 Å². The Balaban J connectivity index is 3.87. The molecule has 0 fully saturated rings. The molecule has 0 aromatic carbocycles. The fourth-order valence-corrected chi connectivity index (χ4v) is 1.19. The second-order valence-electron chi connectivity index (χ2n) is 4.23. The predicted octanol–water partition coefficient (Wildman–Crippen LogP) is 3.94. The quantitative estimate of drug-likeness (QED) is 0.400. The monoisotopic (exact) mass is 276 g/mol. The van der Waals surface area contributed by atoms with Crippen LogP contribution < -0.4 is 0 Å². The van der Waals surface area contributed by atoms with Crippen molar-refractivity contribution in [2.45, 2.75) is 51.6 Å². The third-order valence-corrected chi connectivity index (χ3v) is 2.41. The maximum Gasteiger partial charge on any atom is 0.394 e. The molecule has 0 aliphatic rings. The van der Waals surface area contributed by atoms with E-state index in [2.05, 4.69) is 4.74 Å². The maximum absolute atomic E-state index is 12.8. The summed E-state index contributed by atoms with van der Waals surface area (Å²) in [7, 11) is 0. The molecule has 0 spiro atoms. The third kappa shape index (κ3) is 8.25. The fraction of sp³-hybridized carbons (Fsp3) is 0.909. The Hall–Kier alpha value is -0.880. The second-order valence-corrected chi connectivity index (χ2v) is 4.23. The van der Waals surface area contributed by atoms with Crippen LogP contribution in [0.3, 0.4) is 0 Å². The largest absolute Gasteiger partial charge is 0.465 e. The van der Waals surface area contributed by atoms with Crippen molar-refractivity contribution in [2.75, 3.05) is 6.61 Å². The van der Waals surface area contributed by atoms with E-state index in [1.807, 2.05) is 0 Å². The van der Waals surface area contributed by atoms with E-state index in [-0.39, 0.29) is 18.9 Å². The molecule has 0 saturated heterocycles. The van der Waals surface area contributed by atoms with Crippen molar-refractivity contribution < 1.29 is 31.5 Å². The summed E-state index contributed by atoms with van der Waals surface area (Å²) in [5, 5.41) is 0. The lowest BCUT2D eigenvalue weighted by molar-refractivity contribution is -0.190. The van der Waals surface area contributed by atoms with Crippen LogP contribution in [0.15, 0.2) is 0 Å². The minimum absolute atomic E-state index is 0.281. The number of hydrogen-bond acceptors (Lipinski definition) is 2. The van der Waals surface area contributed by atoms with Crippen molar-refractivity contribution in [3.63, 3.8) is 0 Å². The highest BCUT2D eigenvalue weighted by atomic mass is 19.4. The normalized spacial score (nSPS) is 14.4. The van der Waals surface area contributed by atoms with E-state index in [0.717, 1.165) is 0 Å². The van der Waals surface area contributed by atoms with Crippen molar-refractivity contribution in [3.05, 3.63) is 0 Å². The molecule has 0 radical (unpaired) electrons. The van der Waals surface area contributed by atoms with Gasteiger partial charge in [-0.1, -0.05) is 13.8 Å². The first-order valence-corrected chi connectivity index (χ1v) is 5.68. The molecule has 1 atom stereocenters. The lowest BCUT2D eigenvalue weighted by Crippen LogP contribution is -2.26. The van der Waals surface area contributed by atoms with Crippen LogP contribution in [0.4, 0.5) is 22.0 Å². The summed E-state index contributed by atoms with van der Waals surface area (Å²) in [6.07, 6.45) is -7.70. The molecule has 0 aromatic heterocycles. The van der Waals surface area contributed by atoms with Crippen molar-refractivity contribution >= 4 is 5.97 Å². The van der Waals surface area contributed by atoms with Crippen LogP contribution in [0.25, 0.3) is 0 Å². The summed E-state index contributed by atoms with van der Waals surface area (Å²) < 4.78 is 65.6. The Morgan fingerprint density at radius 2 is 1.78 bits per heavy atom. The maximum atomic E-state index is 12.8. The third-order valence-electron chi connectivity index (χ3n) is 2.41. The number of carbonyl (C=O) groups is 1. The van der Waals surface area contributed by atoms with Crippen LogP contribution in [-0.4, -0.2) is 24.7 Å². The molecule has 0 N–H and O–H groups in total. The zero-order chi connectivity index (χ0) is 14.4. The number of halogens is 5. The molecule has 0 aromatic rings. The molecule has 0 amide bonds. The minimum Gasteiger partial charge on any atom is -0.465 e. The smallest absolute Gasteiger partial charge is 0.394 e. The van der Waals surface area contributed by atoms with Gasteiger partial charge in [-0.2, -0.15) is 13.2 Å². The molecule has 18 heavy (non-hydrogen) atoms. The van der Waals surface area contributed by atoms with Crippen molar-refractivity contribution in [1.29, 1.82) is 0 Å². The molecule has 0 aliphatic carbocycles. The lowest BCUT2D eigenvalue weighted by Gasteiger charge is -2.18. The van der Waals surface area contributed by atoms with Crippen LogP contribution in [0.1, 0.15) is 39.5 Å². The zero-order valence-corrected chi connectivity index (χ0v) is 10.3. The minimum atomic E-state index is -4.89. The van der Waals surface area contributed by atoms with E-state index < -0.39 is 30.9 Å². The fourth-order valence-electron chi connectivity index (χ4n) is 1.19. The molecule has 1 unspecified atom stereocenters. The lowest BCUT2D eigenvalue weighted by atomic mass is 10.1. The molecule has 108 valence electrons. The Bertz CT molecular complexity index is 263. The van der Waals surface area contributed by atoms with E-state index >= 15 is 0 Å². The summed E-state index contributed by atoms with van der Waals surface area (Å²) in [6.45, 7) is 3.11. The number of carbonyl (C=O) groups excluding carboxylic acids is 1. The molecule has 0 aliphatic heterocycles. The summed E-state index contributed by atoms with van der Waals surface area (Å²) in [4.78, 5) is 11.1. The van der Waals surface area contributed by atoms with Crippen LogP contribution in [0.2, 0.25) is 0 Å². The van der Waals surface area contributed by atoms with E-state index in [1.54, 1.807) is 13.8 Å². The molecule has 0 bridgehead atoms. The summed E-state index contributed by atoms with van der Waals surface area (Å²) in [6, 6.07) is 0. The van der Waals surface area contributed by atoms with E-state index in [1.165, 1.54) is 0 Å². The Morgan fingerprint density at radius 1 is 1.22 bits per heavy atom. The molecule has 0 saturated carbocycles. The average molecular weight is 276 g/mol. The van der Waals surface area contributed by atoms with Crippen molar-refractivity contribution in [3.8, 4) is 0 Å². The van der Waals surface area contributed by atoms with E-state index in [0.29, 0.717) is 6.42 Å². The van der Waals surface area contributed by atoms with Gasteiger partial charge >= 0.3 is 12.1 Å². The number of rotatable bonds is 7. The highest BCUT2D eigenvalue weighted by molar-refractivity contribution is 5.71. The highest BCUT2D eigenvalue weighted by Crippen LogP contribution is 2.34. The number of hydrogen-bond donors (Lipinski definition) is 0. The number of esters is 1. The van der Waals surface area contributed by atoms with E-state index in [9.17, 15) is 26.7 Å². The Morgan fingerprint density at radius 3 is 2.22 bits per heavy atom. The van der Waals surface area contributed by atoms with Gasteiger partial charge in [0.15, 0.2) is 0 Å². The van der Waals surface area contributed by atoms with Gasteiger partial charge in [-0.3, -0.25) is 4.79 Å². The summed E-state index contributed by atoms with van der Waals surface area (Å²) >= 11 is 0. The Labute approximate surface area is 102 Å². The van der Waals surface area contributed by atoms with Crippen molar-refractivity contribution in [2.24, 2.45) is 5.92 Å². The first-order valence-electron chi connectivity index (χ1n) is 5.68. The topological polar surface area (TPSA) is 26.3 Å². The van der Waals surface area contributed by atoms with Gasteiger partial charge in [0.2, 0.25) is 0 Å². The summed E-state index contributed by atoms with van der Waals surface area (Å²) in [5.74, 6) is -4.65. The van der Waals surface area contributed by atoms with Crippen LogP contribution in [0.5, 0.6) is 0 Å². The van der Waals surface area contributed by atoms with Gasteiger partial charge in [0, 0.05) is 6.42 Å². The molecule has 0 heterocycles. The second kappa shape index (κ2) is 6.89. The molecule has 0 rings (SSSR count). The van der Waals surface area contributed by atoms with Crippen LogP contribution in [-0.2, 0) is 9.53 Å². The predicted molar refractivity (Wildman–Crippen MR) is 55.3 cm³/mol. The molecule has 2 nitrogen and oxygen atoms in total. The number of alkyl halides is 5. The zero-order valence-electron chi connectivity index (χ0n) is 10.3. The van der Waals surface area contributed by atoms with Gasteiger partial charge in [-0.05, 0) is 12.8 Å². The molecular weight excluding hydrogens is 259 g/mol. The summed E-state index contributed by atoms with van der Waals surface area (Å²) in [5.41, 5.74) is 0.